The molecule has 0 saturated heterocycles. The predicted molar refractivity (Wildman–Crippen MR) is 129 cm³/mol. The molecule has 1 aromatic heterocycles. The van der Waals surface area contributed by atoms with Crippen molar-refractivity contribution in [3.8, 4) is 17.1 Å². The van der Waals surface area contributed by atoms with Crippen molar-refractivity contribution in [2.75, 3.05) is 0 Å². The monoisotopic (exact) mass is 416 g/mol. The summed E-state index contributed by atoms with van der Waals surface area (Å²) in [5, 5.41) is 0. The van der Waals surface area contributed by atoms with Crippen LogP contribution in [0.1, 0.15) is 75.5 Å². The van der Waals surface area contributed by atoms with Crippen molar-refractivity contribution >= 4 is 0 Å². The van der Waals surface area contributed by atoms with Crippen LogP contribution in [0, 0.1) is 0 Å². The second kappa shape index (κ2) is 12.9. The Balaban J connectivity index is 1.45. The summed E-state index contributed by atoms with van der Waals surface area (Å²) in [6.45, 7) is 5.04. The number of nitrogens with zero attached hydrogens (tertiary/aromatic N) is 2. The molecule has 0 saturated carbocycles. The van der Waals surface area contributed by atoms with Crippen LogP contribution < -0.4 is 4.74 Å². The van der Waals surface area contributed by atoms with E-state index < -0.39 is 0 Å². The van der Waals surface area contributed by atoms with Crippen LogP contribution in [0.4, 0.5) is 0 Å². The number of unbranched alkanes of at least 4 members (excludes halogenated alkanes) is 5. The van der Waals surface area contributed by atoms with E-state index in [1.54, 1.807) is 0 Å². The zero-order chi connectivity index (χ0) is 21.7. The number of rotatable bonds is 13. The van der Waals surface area contributed by atoms with Crippen LogP contribution in [0.5, 0.6) is 5.75 Å². The van der Waals surface area contributed by atoms with Crippen molar-refractivity contribution in [3.05, 3.63) is 77.6 Å². The van der Waals surface area contributed by atoms with Crippen molar-refractivity contribution < 1.29 is 4.74 Å². The van der Waals surface area contributed by atoms with Gasteiger partial charge in [0.05, 0.1) is 0 Å². The molecule has 0 aliphatic carbocycles. The van der Waals surface area contributed by atoms with E-state index in [2.05, 4.69) is 48.1 Å². The summed E-state index contributed by atoms with van der Waals surface area (Å²) in [4.78, 5) is 9.03. The minimum atomic E-state index is 0.582. The molecule has 0 unspecified atom stereocenters. The summed E-state index contributed by atoms with van der Waals surface area (Å²) in [5.74, 6) is 1.63. The standard InChI is InChI=1S/C28H36N2O/c1-3-5-7-8-9-11-23-12-14-24(15-13-23)22-31-27-18-16-26(17-19-27)28-29-20-25(21-30-28)10-6-4-2/h12-21H,3-11,22H2,1-2H3. The molecule has 3 heteroatoms. The first kappa shape index (κ1) is 23.0. The van der Waals surface area contributed by atoms with Gasteiger partial charge >= 0.3 is 0 Å². The third kappa shape index (κ3) is 7.82. The minimum Gasteiger partial charge on any atom is -0.489 e. The van der Waals surface area contributed by atoms with E-state index >= 15 is 0 Å². The SMILES string of the molecule is CCCCCCCc1ccc(COc2ccc(-c3ncc(CCCC)cn3)cc2)cc1. The third-order valence-electron chi connectivity index (χ3n) is 5.63. The van der Waals surface area contributed by atoms with Crippen molar-refractivity contribution in [3.63, 3.8) is 0 Å². The maximum atomic E-state index is 5.97. The molecule has 31 heavy (non-hydrogen) atoms. The molecule has 0 bridgehead atoms. The highest BCUT2D eigenvalue weighted by Crippen LogP contribution is 2.20. The molecule has 0 amide bonds. The van der Waals surface area contributed by atoms with Crippen molar-refractivity contribution in [2.45, 2.75) is 78.2 Å². The van der Waals surface area contributed by atoms with Crippen molar-refractivity contribution in [1.82, 2.24) is 9.97 Å². The quantitative estimate of drug-likeness (QED) is 0.269. The lowest BCUT2D eigenvalue weighted by molar-refractivity contribution is 0.306. The number of hydrogen-bond acceptors (Lipinski definition) is 3. The Morgan fingerprint density at radius 2 is 1.23 bits per heavy atom. The topological polar surface area (TPSA) is 35.0 Å². The Kier molecular flexibility index (Phi) is 9.56. The van der Waals surface area contributed by atoms with Crippen LogP contribution in [-0.2, 0) is 19.4 Å². The van der Waals surface area contributed by atoms with Gasteiger partial charge in [-0.05, 0) is 66.6 Å². The fourth-order valence-corrected chi connectivity index (χ4v) is 3.62. The van der Waals surface area contributed by atoms with Crippen LogP contribution in [0.3, 0.4) is 0 Å². The van der Waals surface area contributed by atoms with Gasteiger partial charge in [-0.2, -0.15) is 0 Å². The van der Waals surface area contributed by atoms with Crippen LogP contribution in [-0.4, -0.2) is 9.97 Å². The first-order chi connectivity index (χ1) is 15.3. The zero-order valence-corrected chi connectivity index (χ0v) is 19.1. The lowest BCUT2D eigenvalue weighted by Gasteiger charge is -2.08. The van der Waals surface area contributed by atoms with E-state index in [-0.39, 0.29) is 0 Å². The molecule has 2 aromatic carbocycles. The van der Waals surface area contributed by atoms with Crippen LogP contribution in [0.15, 0.2) is 60.9 Å². The molecule has 0 atom stereocenters. The molecule has 0 aliphatic rings. The minimum absolute atomic E-state index is 0.582. The normalized spacial score (nSPS) is 10.9. The van der Waals surface area contributed by atoms with Gasteiger partial charge in [0.1, 0.15) is 12.4 Å². The van der Waals surface area contributed by atoms with E-state index in [9.17, 15) is 0 Å². The second-order valence-corrected chi connectivity index (χ2v) is 8.31. The average molecular weight is 417 g/mol. The Hall–Kier alpha value is -2.68. The molecule has 0 aliphatic heterocycles. The number of aryl methyl sites for hydroxylation is 2. The molecule has 0 N–H and O–H groups in total. The highest BCUT2D eigenvalue weighted by atomic mass is 16.5. The summed E-state index contributed by atoms with van der Waals surface area (Å²) < 4.78 is 5.97. The van der Waals surface area contributed by atoms with Crippen LogP contribution in [0.25, 0.3) is 11.4 Å². The zero-order valence-electron chi connectivity index (χ0n) is 19.1. The first-order valence-electron chi connectivity index (χ1n) is 11.9. The predicted octanol–water partition coefficient (Wildman–Crippen LogP) is 7.58. The van der Waals surface area contributed by atoms with E-state index in [1.807, 2.05) is 36.7 Å². The van der Waals surface area contributed by atoms with Crippen LogP contribution in [0.2, 0.25) is 0 Å². The number of benzene rings is 2. The molecule has 3 rings (SSSR count). The molecular formula is C28H36N2O. The van der Waals surface area contributed by atoms with E-state index in [1.165, 1.54) is 68.1 Å². The van der Waals surface area contributed by atoms with Gasteiger partial charge in [-0.1, -0.05) is 70.2 Å². The Morgan fingerprint density at radius 1 is 0.613 bits per heavy atom. The first-order valence-corrected chi connectivity index (χ1v) is 11.9. The Morgan fingerprint density at radius 3 is 1.90 bits per heavy atom. The molecule has 0 spiro atoms. The van der Waals surface area contributed by atoms with E-state index in [0.717, 1.165) is 23.6 Å². The third-order valence-corrected chi connectivity index (χ3v) is 5.63. The molecule has 0 radical (unpaired) electrons. The van der Waals surface area contributed by atoms with Gasteiger partial charge in [-0.3, -0.25) is 0 Å². The van der Waals surface area contributed by atoms with Gasteiger partial charge in [-0.25, -0.2) is 9.97 Å². The maximum Gasteiger partial charge on any atom is 0.159 e. The fraction of sp³-hybridized carbons (Fsp3) is 0.429. The highest BCUT2D eigenvalue weighted by Gasteiger charge is 2.03. The summed E-state index contributed by atoms with van der Waals surface area (Å²) >= 11 is 0. The Labute approximate surface area is 187 Å². The largest absolute Gasteiger partial charge is 0.489 e. The van der Waals surface area contributed by atoms with Crippen molar-refractivity contribution in [1.29, 1.82) is 0 Å². The second-order valence-electron chi connectivity index (χ2n) is 8.31. The number of hydrogen-bond donors (Lipinski definition) is 0. The maximum absolute atomic E-state index is 5.97. The number of aromatic nitrogens is 2. The van der Waals surface area contributed by atoms with Gasteiger partial charge < -0.3 is 4.74 Å². The summed E-state index contributed by atoms with van der Waals surface area (Å²) in [6, 6.07) is 16.9. The smallest absolute Gasteiger partial charge is 0.159 e. The van der Waals surface area contributed by atoms with E-state index in [4.69, 9.17) is 4.74 Å². The van der Waals surface area contributed by atoms with Gasteiger partial charge in [-0.15, -0.1) is 0 Å². The molecular weight excluding hydrogens is 380 g/mol. The lowest BCUT2D eigenvalue weighted by Crippen LogP contribution is -1.96. The summed E-state index contributed by atoms with van der Waals surface area (Å²) in [7, 11) is 0. The summed E-state index contributed by atoms with van der Waals surface area (Å²) in [5.41, 5.74) is 4.83. The molecule has 3 aromatic rings. The van der Waals surface area contributed by atoms with E-state index in [0.29, 0.717) is 6.61 Å². The Bertz CT molecular complexity index is 870. The number of ether oxygens (including phenoxy) is 1. The molecule has 164 valence electrons. The fourth-order valence-electron chi connectivity index (χ4n) is 3.62. The van der Waals surface area contributed by atoms with Crippen LogP contribution >= 0.6 is 0 Å². The summed E-state index contributed by atoms with van der Waals surface area (Å²) in [6.07, 6.45) is 15.1. The van der Waals surface area contributed by atoms with Gasteiger partial charge in [0.15, 0.2) is 5.82 Å². The van der Waals surface area contributed by atoms with Gasteiger partial charge in [0, 0.05) is 18.0 Å². The molecule has 3 nitrogen and oxygen atoms in total. The lowest BCUT2D eigenvalue weighted by atomic mass is 10.0. The van der Waals surface area contributed by atoms with Gasteiger partial charge in [0.2, 0.25) is 0 Å². The average Bonchev–Trinajstić information content (AvgIpc) is 2.83. The molecule has 1 heterocycles. The molecule has 0 fully saturated rings. The van der Waals surface area contributed by atoms with Gasteiger partial charge in [0.25, 0.3) is 0 Å². The highest BCUT2D eigenvalue weighted by molar-refractivity contribution is 5.55. The van der Waals surface area contributed by atoms with Crippen molar-refractivity contribution in [2.24, 2.45) is 0 Å².